The van der Waals surface area contributed by atoms with Gasteiger partial charge >= 0.3 is 5.97 Å². The average Bonchev–Trinajstić information content (AvgIpc) is 2.58. The van der Waals surface area contributed by atoms with Crippen molar-refractivity contribution in [3.8, 4) is 0 Å². The number of ether oxygens (including phenoxy) is 1. The van der Waals surface area contributed by atoms with E-state index in [4.69, 9.17) is 4.74 Å². The van der Waals surface area contributed by atoms with E-state index >= 15 is 0 Å². The molecule has 4 aliphatic rings. The molecule has 4 aliphatic carbocycles. The molecule has 2 nitrogen and oxygen atoms in total. The van der Waals surface area contributed by atoms with Gasteiger partial charge in [0, 0.05) is 0 Å². The molecule has 0 radical (unpaired) electrons. The summed E-state index contributed by atoms with van der Waals surface area (Å²) in [6.45, 7) is 6.63. The number of rotatable bonds is 4. The number of benzene rings is 1. The quantitative estimate of drug-likeness (QED) is 0.676. The molecule has 0 spiro atoms. The Morgan fingerprint density at radius 2 is 1.62 bits per heavy atom. The van der Waals surface area contributed by atoms with Crippen LogP contribution < -0.4 is 0 Å². The molecule has 4 bridgehead atoms. The largest absolute Gasteiger partial charge is 0.455 e. The van der Waals surface area contributed by atoms with Crippen molar-refractivity contribution < 1.29 is 9.53 Å². The molecule has 4 fully saturated rings. The molecule has 130 valence electrons. The Balaban J connectivity index is 1.49. The molecule has 0 aromatic heterocycles. The third-order valence-corrected chi connectivity index (χ3v) is 7.40. The van der Waals surface area contributed by atoms with Gasteiger partial charge in [-0.05, 0) is 92.7 Å². The number of carbonyl (C=O) groups excluding carboxylic acids is 1. The summed E-state index contributed by atoms with van der Waals surface area (Å²) < 4.78 is 6.19. The molecule has 1 aromatic carbocycles. The predicted molar refractivity (Wildman–Crippen MR) is 96.0 cm³/mol. The van der Waals surface area contributed by atoms with E-state index in [0.717, 1.165) is 18.3 Å². The van der Waals surface area contributed by atoms with Crippen molar-refractivity contribution in [1.82, 2.24) is 0 Å². The summed E-state index contributed by atoms with van der Waals surface area (Å²) in [5.41, 5.74) is 1.77. The SMILES string of the molecule is CCC(C)c1ccc(C(=O)OC2(C)C3CC4CC(C3)CC2C4)cc1. The van der Waals surface area contributed by atoms with Gasteiger partial charge in [0.15, 0.2) is 0 Å². The highest BCUT2D eigenvalue weighted by atomic mass is 16.6. The van der Waals surface area contributed by atoms with E-state index in [2.05, 4.69) is 32.9 Å². The summed E-state index contributed by atoms with van der Waals surface area (Å²) in [5.74, 6) is 3.37. The van der Waals surface area contributed by atoms with Crippen LogP contribution in [0.25, 0.3) is 0 Å². The van der Waals surface area contributed by atoms with Crippen molar-refractivity contribution >= 4 is 5.97 Å². The minimum atomic E-state index is -0.236. The van der Waals surface area contributed by atoms with E-state index in [1.54, 1.807) is 0 Å². The molecule has 0 saturated heterocycles. The van der Waals surface area contributed by atoms with Gasteiger partial charge in [0.2, 0.25) is 0 Å². The van der Waals surface area contributed by atoms with Crippen molar-refractivity contribution in [3.63, 3.8) is 0 Å². The first-order valence-electron chi connectivity index (χ1n) is 9.82. The standard InChI is InChI=1S/C22H30O2/c1-4-14(2)17-5-7-18(8-6-17)21(23)24-22(3)19-10-15-9-16(12-19)13-20(22)11-15/h5-8,14-16,19-20H,4,9-13H2,1-3H3. The van der Waals surface area contributed by atoms with E-state index in [1.165, 1.54) is 37.7 Å². The van der Waals surface area contributed by atoms with Crippen LogP contribution in [0.15, 0.2) is 24.3 Å². The van der Waals surface area contributed by atoms with E-state index in [0.29, 0.717) is 23.3 Å². The van der Waals surface area contributed by atoms with Crippen LogP contribution in [0.1, 0.15) is 81.1 Å². The number of hydrogen-bond donors (Lipinski definition) is 0. The van der Waals surface area contributed by atoms with Gasteiger partial charge < -0.3 is 4.74 Å². The Morgan fingerprint density at radius 3 is 2.12 bits per heavy atom. The van der Waals surface area contributed by atoms with Crippen molar-refractivity contribution in [1.29, 1.82) is 0 Å². The fourth-order valence-corrected chi connectivity index (χ4v) is 5.73. The normalized spacial score (nSPS) is 38.1. The van der Waals surface area contributed by atoms with Crippen LogP contribution in [0.5, 0.6) is 0 Å². The van der Waals surface area contributed by atoms with Crippen LogP contribution >= 0.6 is 0 Å². The van der Waals surface area contributed by atoms with Gasteiger partial charge in [-0.1, -0.05) is 26.0 Å². The maximum Gasteiger partial charge on any atom is 0.338 e. The van der Waals surface area contributed by atoms with Gasteiger partial charge in [-0.2, -0.15) is 0 Å². The first-order chi connectivity index (χ1) is 11.5. The van der Waals surface area contributed by atoms with E-state index in [1.807, 2.05) is 12.1 Å². The number of esters is 1. The molecule has 2 heteroatoms. The summed E-state index contributed by atoms with van der Waals surface area (Å²) in [5, 5.41) is 0. The maximum absolute atomic E-state index is 12.8. The zero-order chi connectivity index (χ0) is 16.9. The lowest BCUT2D eigenvalue weighted by Crippen LogP contribution is -2.58. The Bertz CT molecular complexity index is 587. The van der Waals surface area contributed by atoms with Crippen molar-refractivity contribution in [3.05, 3.63) is 35.4 Å². The summed E-state index contributed by atoms with van der Waals surface area (Å²) in [4.78, 5) is 12.8. The lowest BCUT2D eigenvalue weighted by Gasteiger charge is -2.59. The summed E-state index contributed by atoms with van der Waals surface area (Å²) in [6.07, 6.45) is 7.61. The molecular formula is C22H30O2. The topological polar surface area (TPSA) is 26.3 Å². The highest BCUT2D eigenvalue weighted by Gasteiger charge is 2.57. The summed E-state index contributed by atoms with van der Waals surface area (Å²) in [7, 11) is 0. The van der Waals surface area contributed by atoms with Crippen LogP contribution in [-0.2, 0) is 4.74 Å². The zero-order valence-corrected chi connectivity index (χ0v) is 15.3. The van der Waals surface area contributed by atoms with Gasteiger partial charge in [-0.3, -0.25) is 0 Å². The summed E-state index contributed by atoms with van der Waals surface area (Å²) in [6, 6.07) is 8.07. The fourth-order valence-electron chi connectivity index (χ4n) is 5.73. The third-order valence-electron chi connectivity index (χ3n) is 7.40. The van der Waals surface area contributed by atoms with Gasteiger partial charge in [-0.25, -0.2) is 4.79 Å². The number of hydrogen-bond acceptors (Lipinski definition) is 2. The first-order valence-corrected chi connectivity index (χ1v) is 9.82. The lowest BCUT2D eigenvalue weighted by atomic mass is 9.50. The minimum absolute atomic E-state index is 0.124. The maximum atomic E-state index is 12.8. The second kappa shape index (κ2) is 5.89. The summed E-state index contributed by atoms with van der Waals surface area (Å²) >= 11 is 0. The Labute approximate surface area is 146 Å². The van der Waals surface area contributed by atoms with Crippen molar-refractivity contribution in [2.75, 3.05) is 0 Å². The first kappa shape index (κ1) is 16.2. The molecule has 0 heterocycles. The van der Waals surface area contributed by atoms with Crippen LogP contribution in [0.3, 0.4) is 0 Å². The molecule has 1 aromatic rings. The highest BCUT2D eigenvalue weighted by molar-refractivity contribution is 5.89. The van der Waals surface area contributed by atoms with Crippen LogP contribution in [0.4, 0.5) is 0 Å². The van der Waals surface area contributed by atoms with E-state index in [-0.39, 0.29) is 11.6 Å². The van der Waals surface area contributed by atoms with Crippen molar-refractivity contribution in [2.24, 2.45) is 23.7 Å². The Hall–Kier alpha value is -1.31. The predicted octanol–water partition coefficient (Wildman–Crippen LogP) is 5.57. The van der Waals surface area contributed by atoms with Crippen LogP contribution in [-0.4, -0.2) is 11.6 Å². The zero-order valence-electron chi connectivity index (χ0n) is 15.3. The Kier molecular flexibility index (Phi) is 3.97. The van der Waals surface area contributed by atoms with Gasteiger partial charge in [0.1, 0.15) is 5.60 Å². The Morgan fingerprint density at radius 1 is 1.08 bits per heavy atom. The molecule has 1 atom stereocenters. The molecule has 0 amide bonds. The monoisotopic (exact) mass is 326 g/mol. The molecular weight excluding hydrogens is 296 g/mol. The van der Waals surface area contributed by atoms with E-state index in [9.17, 15) is 4.79 Å². The highest BCUT2D eigenvalue weighted by Crippen LogP contribution is 2.59. The molecule has 4 saturated carbocycles. The molecule has 24 heavy (non-hydrogen) atoms. The second-order valence-electron chi connectivity index (χ2n) is 8.81. The van der Waals surface area contributed by atoms with Gasteiger partial charge in [0.05, 0.1) is 5.56 Å². The minimum Gasteiger partial charge on any atom is -0.455 e. The number of carbonyl (C=O) groups is 1. The van der Waals surface area contributed by atoms with Crippen LogP contribution in [0.2, 0.25) is 0 Å². The molecule has 1 unspecified atom stereocenters. The fraction of sp³-hybridized carbons (Fsp3) is 0.682. The van der Waals surface area contributed by atoms with Crippen molar-refractivity contribution in [2.45, 2.75) is 70.8 Å². The van der Waals surface area contributed by atoms with E-state index < -0.39 is 0 Å². The molecule has 0 aliphatic heterocycles. The smallest absolute Gasteiger partial charge is 0.338 e. The van der Waals surface area contributed by atoms with Gasteiger partial charge in [-0.15, -0.1) is 0 Å². The third kappa shape index (κ3) is 2.59. The second-order valence-corrected chi connectivity index (χ2v) is 8.81. The van der Waals surface area contributed by atoms with Gasteiger partial charge in [0.25, 0.3) is 0 Å². The molecule has 0 N–H and O–H groups in total. The lowest BCUT2D eigenvalue weighted by molar-refractivity contribution is -0.165. The van der Waals surface area contributed by atoms with Crippen LogP contribution in [0, 0.1) is 23.7 Å². The average molecular weight is 326 g/mol. The molecule has 5 rings (SSSR count).